The number of carbonyl (C=O) groups is 3. The molecule has 3 aromatic rings. The van der Waals surface area contributed by atoms with E-state index >= 15 is 0 Å². The van der Waals surface area contributed by atoms with Crippen LogP contribution in [-0.2, 0) is 4.79 Å². The highest BCUT2D eigenvalue weighted by molar-refractivity contribution is 6.34. The van der Waals surface area contributed by atoms with Gasteiger partial charge in [0.05, 0.1) is 27.6 Å². The molecule has 0 spiro atoms. The number of anilines is 1. The van der Waals surface area contributed by atoms with Gasteiger partial charge in [-0.3, -0.25) is 9.59 Å². The highest BCUT2D eigenvalue weighted by atomic mass is 35.5. The summed E-state index contributed by atoms with van der Waals surface area (Å²) in [6.07, 6.45) is 1.57. The van der Waals surface area contributed by atoms with E-state index < -0.39 is 17.8 Å². The number of hydrazone groups is 1. The lowest BCUT2D eigenvalue weighted by Crippen LogP contribution is -2.21. The van der Waals surface area contributed by atoms with E-state index in [1.165, 1.54) is 18.2 Å². The first kappa shape index (κ1) is 21.1. The molecule has 9 heteroatoms. The predicted octanol–water partition coefficient (Wildman–Crippen LogP) is 4.20. The van der Waals surface area contributed by atoms with Gasteiger partial charge in [0.1, 0.15) is 11.5 Å². The van der Waals surface area contributed by atoms with Crippen molar-refractivity contribution in [2.24, 2.45) is 10.8 Å². The summed E-state index contributed by atoms with van der Waals surface area (Å²) in [4.78, 5) is 35.5. The summed E-state index contributed by atoms with van der Waals surface area (Å²) in [5, 5.41) is 14.7. The van der Waals surface area contributed by atoms with Crippen molar-refractivity contribution in [3.8, 4) is 11.3 Å². The van der Waals surface area contributed by atoms with E-state index in [-0.39, 0.29) is 16.3 Å². The number of furan rings is 1. The van der Waals surface area contributed by atoms with Crippen molar-refractivity contribution >= 4 is 46.9 Å². The average molecular weight is 450 g/mol. The second-order valence-electron chi connectivity index (χ2n) is 6.97. The zero-order valence-corrected chi connectivity index (χ0v) is 17.5. The van der Waals surface area contributed by atoms with E-state index in [0.29, 0.717) is 28.4 Å². The number of carbonyl (C=O) groups excluding carboxylic acids is 2. The van der Waals surface area contributed by atoms with Crippen LogP contribution in [-0.4, -0.2) is 28.6 Å². The molecule has 160 valence electrons. The van der Waals surface area contributed by atoms with Crippen LogP contribution in [0.2, 0.25) is 5.02 Å². The Balaban J connectivity index is 1.60. The van der Waals surface area contributed by atoms with Gasteiger partial charge in [-0.1, -0.05) is 23.7 Å². The lowest BCUT2D eigenvalue weighted by Gasteiger charge is -2.12. The quantitative estimate of drug-likeness (QED) is 0.564. The second kappa shape index (κ2) is 8.16. The van der Waals surface area contributed by atoms with E-state index in [0.717, 1.165) is 10.6 Å². The van der Waals surface area contributed by atoms with Crippen LogP contribution in [0.5, 0.6) is 0 Å². The monoisotopic (exact) mass is 449 g/mol. The maximum atomic E-state index is 12.9. The number of amides is 2. The minimum Gasteiger partial charge on any atom is -0.478 e. The third-order valence-electron chi connectivity index (χ3n) is 4.85. The molecule has 4 rings (SSSR count). The zero-order chi connectivity index (χ0) is 23.0. The van der Waals surface area contributed by atoms with Gasteiger partial charge in [0, 0.05) is 11.1 Å². The number of carboxylic acid groups (broad SMARTS) is 1. The second-order valence-corrected chi connectivity index (χ2v) is 7.38. The summed E-state index contributed by atoms with van der Waals surface area (Å²) in [6, 6.07) is 14.3. The van der Waals surface area contributed by atoms with Gasteiger partial charge < -0.3 is 15.3 Å². The van der Waals surface area contributed by atoms with Gasteiger partial charge in [-0.2, -0.15) is 10.1 Å². The van der Waals surface area contributed by atoms with Gasteiger partial charge in [0.2, 0.25) is 5.91 Å². The Morgan fingerprint density at radius 3 is 2.50 bits per heavy atom. The lowest BCUT2D eigenvalue weighted by molar-refractivity contribution is -0.114. The van der Waals surface area contributed by atoms with Crippen LogP contribution >= 0.6 is 11.6 Å². The third kappa shape index (κ3) is 3.91. The van der Waals surface area contributed by atoms with Crippen LogP contribution in [0.3, 0.4) is 0 Å². The Morgan fingerprint density at radius 1 is 1.12 bits per heavy atom. The molecule has 0 unspecified atom stereocenters. The van der Waals surface area contributed by atoms with Crippen molar-refractivity contribution in [3.05, 3.63) is 82.1 Å². The Hall–Kier alpha value is -4.17. The number of carboxylic acids is 1. The Labute approximate surface area is 187 Å². The molecule has 0 fully saturated rings. The number of halogens is 1. The summed E-state index contributed by atoms with van der Waals surface area (Å²) in [6.45, 7) is 1.67. The highest BCUT2D eigenvalue weighted by Crippen LogP contribution is 2.30. The highest BCUT2D eigenvalue weighted by Gasteiger charge is 2.30. The SMILES string of the molecule is CC1=NN(c2ccc(Cl)c(C(=O)O)c2)C(=O)/C1=C\c1ccc(-c2ccc(C(N)=O)cc2)o1. The number of hydrogen-bond donors (Lipinski definition) is 2. The minimum absolute atomic E-state index is 0.0661. The number of aromatic carboxylic acids is 1. The van der Waals surface area contributed by atoms with Gasteiger partial charge in [-0.15, -0.1) is 0 Å². The van der Waals surface area contributed by atoms with Crippen LogP contribution in [0.4, 0.5) is 5.69 Å². The molecule has 1 aromatic heterocycles. The van der Waals surface area contributed by atoms with E-state index in [1.807, 2.05) is 0 Å². The van der Waals surface area contributed by atoms with E-state index in [1.54, 1.807) is 49.4 Å². The fourth-order valence-corrected chi connectivity index (χ4v) is 3.39. The molecule has 2 aromatic carbocycles. The lowest BCUT2D eigenvalue weighted by atomic mass is 10.1. The number of primary amides is 1. The third-order valence-corrected chi connectivity index (χ3v) is 5.18. The number of hydrogen-bond acceptors (Lipinski definition) is 5. The van der Waals surface area contributed by atoms with E-state index in [4.69, 9.17) is 21.8 Å². The van der Waals surface area contributed by atoms with Crippen molar-refractivity contribution in [3.63, 3.8) is 0 Å². The molecule has 0 bridgehead atoms. The smallest absolute Gasteiger partial charge is 0.337 e. The van der Waals surface area contributed by atoms with Gasteiger partial charge in [0.25, 0.3) is 5.91 Å². The zero-order valence-electron chi connectivity index (χ0n) is 16.7. The number of nitrogens with zero attached hydrogens (tertiary/aromatic N) is 2. The van der Waals surface area contributed by atoms with Gasteiger partial charge in [0.15, 0.2) is 0 Å². The molecule has 2 heterocycles. The van der Waals surface area contributed by atoms with Gasteiger partial charge >= 0.3 is 5.97 Å². The van der Waals surface area contributed by atoms with Crippen LogP contribution in [0.25, 0.3) is 17.4 Å². The Bertz CT molecular complexity index is 1320. The topological polar surface area (TPSA) is 126 Å². The van der Waals surface area contributed by atoms with Crippen LogP contribution in [0.15, 0.2) is 69.7 Å². The number of nitrogens with two attached hydrogens (primary N) is 1. The molecule has 0 saturated heterocycles. The number of benzene rings is 2. The fourth-order valence-electron chi connectivity index (χ4n) is 3.19. The minimum atomic E-state index is -1.20. The largest absolute Gasteiger partial charge is 0.478 e. The summed E-state index contributed by atoms with van der Waals surface area (Å²) in [5.74, 6) is -1.16. The predicted molar refractivity (Wildman–Crippen MR) is 120 cm³/mol. The normalized spacial score (nSPS) is 14.7. The molecule has 0 saturated carbocycles. The molecule has 0 aliphatic carbocycles. The summed E-state index contributed by atoms with van der Waals surface area (Å²) in [5.41, 5.74) is 7.30. The molecule has 8 nitrogen and oxygen atoms in total. The molecule has 1 aliphatic heterocycles. The van der Waals surface area contributed by atoms with Crippen molar-refractivity contribution in [1.29, 1.82) is 0 Å². The molecule has 0 radical (unpaired) electrons. The number of rotatable bonds is 5. The van der Waals surface area contributed by atoms with Crippen molar-refractivity contribution in [2.75, 3.05) is 5.01 Å². The maximum Gasteiger partial charge on any atom is 0.337 e. The van der Waals surface area contributed by atoms with Crippen molar-refractivity contribution in [2.45, 2.75) is 6.92 Å². The molecule has 1 aliphatic rings. The van der Waals surface area contributed by atoms with Gasteiger partial charge in [-0.25, -0.2) is 4.79 Å². The summed E-state index contributed by atoms with van der Waals surface area (Å²) < 4.78 is 5.82. The van der Waals surface area contributed by atoms with Crippen LogP contribution in [0, 0.1) is 0 Å². The summed E-state index contributed by atoms with van der Waals surface area (Å²) >= 11 is 5.91. The van der Waals surface area contributed by atoms with Crippen LogP contribution in [0.1, 0.15) is 33.4 Å². The average Bonchev–Trinajstić information content (AvgIpc) is 3.34. The first-order valence-electron chi connectivity index (χ1n) is 9.39. The Kier molecular flexibility index (Phi) is 5.38. The van der Waals surface area contributed by atoms with E-state index in [2.05, 4.69) is 5.10 Å². The fraction of sp³-hybridized carbons (Fsp3) is 0.0435. The van der Waals surface area contributed by atoms with Crippen LogP contribution < -0.4 is 10.7 Å². The van der Waals surface area contributed by atoms with Crippen molar-refractivity contribution in [1.82, 2.24) is 0 Å². The first-order chi connectivity index (χ1) is 15.2. The maximum absolute atomic E-state index is 12.9. The van der Waals surface area contributed by atoms with E-state index in [9.17, 15) is 19.5 Å². The summed E-state index contributed by atoms with van der Waals surface area (Å²) in [7, 11) is 0. The van der Waals surface area contributed by atoms with Gasteiger partial charge in [-0.05, 0) is 55.5 Å². The van der Waals surface area contributed by atoms with Crippen molar-refractivity contribution < 1.29 is 23.9 Å². The molecule has 3 N–H and O–H groups in total. The Morgan fingerprint density at radius 2 is 1.84 bits per heavy atom. The molecular weight excluding hydrogens is 434 g/mol. The molecule has 2 amide bonds. The molecule has 32 heavy (non-hydrogen) atoms. The standard InChI is InChI=1S/C23H16ClN3O5/c1-12-17(22(29)27(26-12)15-6-8-19(24)18(10-15)23(30)31)11-16-7-9-20(32-16)13-2-4-14(5-3-13)21(25)28/h2-11H,1H3,(H2,25,28)(H,30,31)/b17-11-. The first-order valence-corrected chi connectivity index (χ1v) is 9.77. The molecular formula is C23H16ClN3O5. The molecule has 0 atom stereocenters.